The number of carbonyl (C=O) groups is 1. The van der Waals surface area contributed by atoms with Gasteiger partial charge in [0.05, 0.1) is 0 Å². The zero-order valence-corrected chi connectivity index (χ0v) is 12.9. The van der Waals surface area contributed by atoms with E-state index in [4.69, 9.17) is 0 Å². The molecule has 2 N–H and O–H groups in total. The minimum absolute atomic E-state index is 0. The number of carbonyl (C=O) groups excluding carboxylic acids is 1. The monoisotopic (exact) mass is 325 g/mol. The van der Waals surface area contributed by atoms with Crippen molar-refractivity contribution in [3.8, 4) is 0 Å². The van der Waals surface area contributed by atoms with Crippen molar-refractivity contribution in [1.82, 2.24) is 15.6 Å². The van der Waals surface area contributed by atoms with E-state index in [9.17, 15) is 4.79 Å². The molecule has 6 heteroatoms. The molecule has 1 amide bonds. The van der Waals surface area contributed by atoms with Crippen LogP contribution in [0.4, 0.5) is 0 Å². The summed E-state index contributed by atoms with van der Waals surface area (Å²) in [6.07, 6.45) is 1.70. The van der Waals surface area contributed by atoms with Crippen LogP contribution in [0.15, 0.2) is 36.5 Å². The Morgan fingerprint density at radius 2 is 1.86 bits per heavy atom. The van der Waals surface area contributed by atoms with Gasteiger partial charge < -0.3 is 10.6 Å². The summed E-state index contributed by atoms with van der Waals surface area (Å²) in [6.45, 7) is 2.05. The fraction of sp³-hybridized carbons (Fsp3) is 0.333. The lowest BCUT2D eigenvalue weighted by molar-refractivity contribution is 0.0943. The molecule has 2 aromatic rings. The number of piperidine rings is 1. The van der Waals surface area contributed by atoms with Crippen molar-refractivity contribution in [2.45, 2.75) is 6.04 Å². The number of pyridine rings is 1. The number of hydrogen-bond acceptors (Lipinski definition) is 3. The van der Waals surface area contributed by atoms with E-state index in [1.54, 1.807) is 6.20 Å². The average Bonchev–Trinajstić information content (AvgIpc) is 2.88. The number of nitrogens with one attached hydrogen (secondary N) is 2. The van der Waals surface area contributed by atoms with E-state index in [0.717, 1.165) is 23.9 Å². The molecule has 112 valence electrons. The number of rotatable bonds is 2. The summed E-state index contributed by atoms with van der Waals surface area (Å²) in [4.78, 5) is 16.6. The summed E-state index contributed by atoms with van der Waals surface area (Å²) in [5, 5.41) is 8.43. The summed E-state index contributed by atoms with van der Waals surface area (Å²) in [6, 6.07) is 10.1. The van der Waals surface area contributed by atoms with Crippen LogP contribution in [0.25, 0.3) is 10.8 Å². The molecule has 0 spiro atoms. The maximum absolute atomic E-state index is 12.3. The van der Waals surface area contributed by atoms with Crippen molar-refractivity contribution in [2.24, 2.45) is 11.8 Å². The van der Waals surface area contributed by atoms with Gasteiger partial charge in [-0.05, 0) is 23.3 Å². The van der Waals surface area contributed by atoms with Gasteiger partial charge in [0.2, 0.25) is 0 Å². The summed E-state index contributed by atoms with van der Waals surface area (Å²) < 4.78 is 0. The van der Waals surface area contributed by atoms with Crippen LogP contribution in [0.1, 0.15) is 10.5 Å². The van der Waals surface area contributed by atoms with E-state index in [1.807, 2.05) is 30.3 Å². The van der Waals surface area contributed by atoms with Gasteiger partial charge in [-0.1, -0.05) is 24.3 Å². The van der Waals surface area contributed by atoms with Crippen LogP contribution in [0.5, 0.6) is 0 Å². The van der Waals surface area contributed by atoms with Crippen LogP contribution in [-0.2, 0) is 0 Å². The van der Waals surface area contributed by atoms with E-state index < -0.39 is 0 Å². The first-order valence-electron chi connectivity index (χ1n) is 6.70. The van der Waals surface area contributed by atoms with Crippen molar-refractivity contribution in [3.05, 3.63) is 42.2 Å². The molecule has 1 aromatic carbocycles. The highest BCUT2D eigenvalue weighted by atomic mass is 35.5. The zero-order valence-electron chi connectivity index (χ0n) is 11.3. The predicted molar refractivity (Wildman–Crippen MR) is 87.3 cm³/mol. The second-order valence-electron chi connectivity index (χ2n) is 5.37. The van der Waals surface area contributed by atoms with Crippen molar-refractivity contribution >= 4 is 41.5 Å². The Labute approximate surface area is 135 Å². The Kier molecular flexibility index (Phi) is 4.71. The quantitative estimate of drug-likeness (QED) is 0.888. The smallest absolute Gasteiger partial charge is 0.270 e. The molecule has 0 bridgehead atoms. The molecule has 2 fully saturated rings. The van der Waals surface area contributed by atoms with Crippen LogP contribution >= 0.6 is 24.8 Å². The van der Waals surface area contributed by atoms with E-state index in [-0.39, 0.29) is 30.7 Å². The van der Waals surface area contributed by atoms with Crippen molar-refractivity contribution < 1.29 is 4.79 Å². The summed E-state index contributed by atoms with van der Waals surface area (Å²) in [7, 11) is 0. The fourth-order valence-electron chi connectivity index (χ4n) is 3.15. The highest BCUT2D eigenvalue weighted by molar-refractivity contribution is 6.05. The SMILES string of the molecule is Cl.Cl.O=C(NC1C2CNCC21)c1nccc2ccccc12. The van der Waals surface area contributed by atoms with Gasteiger partial charge in [-0.15, -0.1) is 24.8 Å². The van der Waals surface area contributed by atoms with Gasteiger partial charge in [-0.3, -0.25) is 9.78 Å². The molecule has 2 unspecified atom stereocenters. The highest BCUT2D eigenvalue weighted by Gasteiger charge is 2.53. The van der Waals surface area contributed by atoms with Gasteiger partial charge in [0.15, 0.2) is 0 Å². The zero-order chi connectivity index (χ0) is 12.8. The maximum Gasteiger partial charge on any atom is 0.270 e. The predicted octanol–water partition coefficient (Wildman–Crippen LogP) is 2.03. The minimum atomic E-state index is -0.0452. The third-order valence-electron chi connectivity index (χ3n) is 4.28. The van der Waals surface area contributed by atoms with Crippen LogP contribution in [-0.4, -0.2) is 30.0 Å². The molecule has 4 rings (SSSR count). The molecule has 2 heterocycles. The van der Waals surface area contributed by atoms with Crippen molar-refractivity contribution in [1.29, 1.82) is 0 Å². The number of aromatic nitrogens is 1. The third kappa shape index (κ3) is 2.71. The Morgan fingerprint density at radius 1 is 1.14 bits per heavy atom. The maximum atomic E-state index is 12.3. The Balaban J connectivity index is 0.000000807. The second-order valence-corrected chi connectivity index (χ2v) is 5.37. The Morgan fingerprint density at radius 3 is 2.62 bits per heavy atom. The summed E-state index contributed by atoms with van der Waals surface area (Å²) in [5.41, 5.74) is 0.538. The first-order valence-corrected chi connectivity index (χ1v) is 6.70. The summed E-state index contributed by atoms with van der Waals surface area (Å²) >= 11 is 0. The average molecular weight is 326 g/mol. The molecule has 1 aromatic heterocycles. The van der Waals surface area contributed by atoms with Crippen LogP contribution in [0.2, 0.25) is 0 Å². The first kappa shape index (κ1) is 16.0. The normalized spacial score (nSPS) is 25.4. The third-order valence-corrected chi connectivity index (χ3v) is 4.28. The second kappa shape index (κ2) is 6.18. The molecule has 2 atom stereocenters. The molecule has 1 aliphatic carbocycles. The molecule has 1 saturated heterocycles. The topological polar surface area (TPSA) is 54.0 Å². The molecule has 2 aliphatic rings. The Hall–Kier alpha value is -1.36. The fourth-order valence-corrected chi connectivity index (χ4v) is 3.15. The lowest BCUT2D eigenvalue weighted by Crippen LogP contribution is -2.33. The number of nitrogens with zero attached hydrogens (tertiary/aromatic N) is 1. The minimum Gasteiger partial charge on any atom is -0.347 e. The molecule has 1 aliphatic heterocycles. The van der Waals surface area contributed by atoms with Crippen LogP contribution in [0.3, 0.4) is 0 Å². The largest absolute Gasteiger partial charge is 0.347 e. The van der Waals surface area contributed by atoms with E-state index in [0.29, 0.717) is 23.6 Å². The van der Waals surface area contributed by atoms with Crippen LogP contribution < -0.4 is 10.6 Å². The summed E-state index contributed by atoms with van der Waals surface area (Å²) in [5.74, 6) is 1.20. The molecule has 1 saturated carbocycles. The van der Waals surface area contributed by atoms with Gasteiger partial charge in [-0.2, -0.15) is 0 Å². The van der Waals surface area contributed by atoms with Gasteiger partial charge >= 0.3 is 0 Å². The van der Waals surface area contributed by atoms with Gasteiger partial charge in [-0.25, -0.2) is 0 Å². The van der Waals surface area contributed by atoms with Crippen molar-refractivity contribution in [2.75, 3.05) is 13.1 Å². The molecule has 21 heavy (non-hydrogen) atoms. The Bertz CT molecular complexity index is 649. The lowest BCUT2D eigenvalue weighted by Gasteiger charge is -2.09. The molecule has 4 nitrogen and oxygen atoms in total. The van der Waals surface area contributed by atoms with E-state index in [2.05, 4.69) is 15.6 Å². The molecular formula is C15H17Cl2N3O. The van der Waals surface area contributed by atoms with Gasteiger partial charge in [0, 0.05) is 30.7 Å². The number of amides is 1. The van der Waals surface area contributed by atoms with Crippen LogP contribution in [0, 0.1) is 11.8 Å². The number of hydrogen-bond donors (Lipinski definition) is 2. The highest BCUT2D eigenvalue weighted by Crippen LogP contribution is 2.41. The van der Waals surface area contributed by atoms with E-state index in [1.165, 1.54) is 0 Å². The lowest BCUT2D eigenvalue weighted by atomic mass is 10.1. The molecular weight excluding hydrogens is 309 g/mol. The molecule has 0 radical (unpaired) electrons. The van der Waals surface area contributed by atoms with Gasteiger partial charge in [0.1, 0.15) is 5.69 Å². The van der Waals surface area contributed by atoms with Gasteiger partial charge in [0.25, 0.3) is 5.91 Å². The standard InChI is InChI=1S/C15H15N3O.2ClH/c19-15(18-13-11-7-16-8-12(11)13)14-10-4-2-1-3-9(10)5-6-17-14;;/h1-6,11-13,16H,7-8H2,(H,18,19);2*1H. The van der Waals surface area contributed by atoms with E-state index >= 15 is 0 Å². The number of halogens is 2. The first-order chi connectivity index (χ1) is 9.34. The number of benzene rings is 1. The number of fused-ring (bicyclic) bond motifs is 2. The van der Waals surface area contributed by atoms with Crippen molar-refractivity contribution in [3.63, 3.8) is 0 Å².